The first-order valence-electron chi connectivity index (χ1n) is 9.63. The fourth-order valence-corrected chi connectivity index (χ4v) is 4.51. The zero-order valence-corrected chi connectivity index (χ0v) is 17.1. The van der Waals surface area contributed by atoms with Gasteiger partial charge in [0.05, 0.1) is 0 Å². The van der Waals surface area contributed by atoms with Crippen LogP contribution in [0, 0.1) is 13.8 Å². The third kappa shape index (κ3) is 3.35. The minimum absolute atomic E-state index is 0.318. The highest BCUT2D eigenvalue weighted by molar-refractivity contribution is 7.98. The standard InChI is InChI=1S/C22H20N4O2S/c1-13-5-8-18-16(10-19(27)28-20(18)14(13)2)12-29-22-25-24-21(26(22)17-6-7-17)15-4-3-9-23-11-15/h3-5,8-11,17H,6-7,12H2,1-2H3. The topological polar surface area (TPSA) is 73.8 Å². The highest BCUT2D eigenvalue weighted by atomic mass is 32.2. The van der Waals surface area contributed by atoms with E-state index in [9.17, 15) is 4.79 Å². The summed E-state index contributed by atoms with van der Waals surface area (Å²) in [6.45, 7) is 4.01. The minimum atomic E-state index is -0.318. The van der Waals surface area contributed by atoms with Gasteiger partial charge in [0.25, 0.3) is 0 Å². The number of nitrogens with zero attached hydrogens (tertiary/aromatic N) is 4. The second-order valence-electron chi connectivity index (χ2n) is 7.41. The van der Waals surface area contributed by atoms with Gasteiger partial charge in [-0.05, 0) is 55.5 Å². The van der Waals surface area contributed by atoms with E-state index in [1.165, 1.54) is 0 Å². The van der Waals surface area contributed by atoms with Crippen molar-refractivity contribution in [1.29, 1.82) is 0 Å². The third-order valence-corrected chi connectivity index (χ3v) is 6.36. The molecule has 0 spiro atoms. The Hall–Kier alpha value is -2.93. The summed E-state index contributed by atoms with van der Waals surface area (Å²) in [6.07, 6.45) is 5.84. The number of benzene rings is 1. The molecule has 1 aliphatic carbocycles. The van der Waals surface area contributed by atoms with E-state index in [2.05, 4.69) is 25.8 Å². The van der Waals surface area contributed by atoms with Crippen LogP contribution < -0.4 is 5.63 Å². The van der Waals surface area contributed by atoms with Crippen molar-refractivity contribution in [3.05, 3.63) is 69.8 Å². The summed E-state index contributed by atoms with van der Waals surface area (Å²) in [5.74, 6) is 1.48. The molecule has 0 saturated heterocycles. The van der Waals surface area contributed by atoms with Gasteiger partial charge in [-0.25, -0.2) is 4.79 Å². The van der Waals surface area contributed by atoms with Crippen molar-refractivity contribution in [2.24, 2.45) is 0 Å². The summed E-state index contributed by atoms with van der Waals surface area (Å²) in [4.78, 5) is 16.3. The number of hydrogen-bond donors (Lipinski definition) is 0. The largest absolute Gasteiger partial charge is 0.422 e. The number of pyridine rings is 1. The molecule has 4 aromatic rings. The molecule has 1 aliphatic rings. The van der Waals surface area contributed by atoms with Gasteiger partial charge in [-0.2, -0.15) is 0 Å². The Morgan fingerprint density at radius 1 is 1.21 bits per heavy atom. The molecule has 0 unspecified atom stereocenters. The van der Waals surface area contributed by atoms with Crippen molar-refractivity contribution in [2.75, 3.05) is 0 Å². The lowest BCUT2D eigenvalue weighted by Crippen LogP contribution is -2.03. The van der Waals surface area contributed by atoms with E-state index in [1.807, 2.05) is 38.2 Å². The predicted molar refractivity (Wildman–Crippen MR) is 113 cm³/mol. The van der Waals surface area contributed by atoms with Crippen LogP contribution >= 0.6 is 11.8 Å². The molecule has 29 heavy (non-hydrogen) atoms. The first-order valence-corrected chi connectivity index (χ1v) is 10.6. The fourth-order valence-electron chi connectivity index (χ4n) is 3.52. The number of fused-ring (bicyclic) bond motifs is 1. The van der Waals surface area contributed by atoms with Crippen molar-refractivity contribution < 1.29 is 4.42 Å². The monoisotopic (exact) mass is 404 g/mol. The predicted octanol–water partition coefficient (Wildman–Crippen LogP) is 4.69. The average molecular weight is 404 g/mol. The lowest BCUT2D eigenvalue weighted by Gasteiger charge is -2.10. The van der Waals surface area contributed by atoms with Crippen LogP contribution in [0.15, 0.2) is 57.1 Å². The van der Waals surface area contributed by atoms with E-state index in [1.54, 1.807) is 24.0 Å². The Bertz CT molecular complexity index is 1260. The maximum Gasteiger partial charge on any atom is 0.336 e. The maximum absolute atomic E-state index is 12.1. The van der Waals surface area contributed by atoms with E-state index in [0.717, 1.165) is 51.5 Å². The van der Waals surface area contributed by atoms with Crippen molar-refractivity contribution in [3.8, 4) is 11.4 Å². The normalized spacial score (nSPS) is 13.9. The number of hydrogen-bond acceptors (Lipinski definition) is 6. The van der Waals surface area contributed by atoms with Crippen molar-refractivity contribution in [3.63, 3.8) is 0 Å². The zero-order valence-electron chi connectivity index (χ0n) is 16.3. The molecule has 146 valence electrons. The van der Waals surface area contributed by atoms with Gasteiger partial charge >= 0.3 is 5.63 Å². The summed E-state index contributed by atoms with van der Waals surface area (Å²) in [5, 5.41) is 10.7. The number of thioether (sulfide) groups is 1. The second-order valence-corrected chi connectivity index (χ2v) is 8.36. The Morgan fingerprint density at radius 3 is 2.83 bits per heavy atom. The molecule has 7 heteroatoms. The highest BCUT2D eigenvalue weighted by Gasteiger charge is 2.30. The average Bonchev–Trinajstić information content (AvgIpc) is 3.49. The number of aryl methyl sites for hydroxylation is 2. The molecule has 0 N–H and O–H groups in total. The van der Waals surface area contributed by atoms with Crippen molar-refractivity contribution >= 4 is 22.7 Å². The quantitative estimate of drug-likeness (QED) is 0.355. The summed E-state index contributed by atoms with van der Waals surface area (Å²) < 4.78 is 7.71. The molecular weight excluding hydrogens is 384 g/mol. The smallest absolute Gasteiger partial charge is 0.336 e. The van der Waals surface area contributed by atoms with E-state index in [0.29, 0.717) is 17.4 Å². The van der Waals surface area contributed by atoms with Crippen LogP contribution in [0.5, 0.6) is 0 Å². The molecule has 6 nitrogen and oxygen atoms in total. The molecule has 1 saturated carbocycles. The van der Waals surface area contributed by atoms with E-state index < -0.39 is 0 Å². The lowest BCUT2D eigenvalue weighted by molar-refractivity contribution is 0.557. The van der Waals surface area contributed by atoms with Crippen LogP contribution in [-0.2, 0) is 5.75 Å². The van der Waals surface area contributed by atoms with E-state index in [4.69, 9.17) is 4.42 Å². The SMILES string of the molecule is Cc1ccc2c(CSc3nnc(-c4cccnc4)n3C3CC3)cc(=O)oc2c1C. The molecule has 3 aromatic heterocycles. The van der Waals surface area contributed by atoms with Gasteiger partial charge in [-0.3, -0.25) is 9.55 Å². The summed E-state index contributed by atoms with van der Waals surface area (Å²) >= 11 is 1.61. The molecule has 1 fully saturated rings. The molecule has 5 rings (SSSR count). The Kier molecular flexibility index (Phi) is 4.47. The Labute approximate surface area is 172 Å². The number of aromatic nitrogens is 4. The van der Waals surface area contributed by atoms with Gasteiger partial charge in [0.15, 0.2) is 11.0 Å². The van der Waals surface area contributed by atoms with Crippen LogP contribution in [0.1, 0.15) is 35.6 Å². The third-order valence-electron chi connectivity index (χ3n) is 5.37. The van der Waals surface area contributed by atoms with Crippen LogP contribution in [0.3, 0.4) is 0 Å². The molecule has 1 aromatic carbocycles. The molecular formula is C22H20N4O2S. The van der Waals surface area contributed by atoms with Crippen LogP contribution in [-0.4, -0.2) is 19.7 Å². The molecule has 0 radical (unpaired) electrons. The number of rotatable bonds is 5. The van der Waals surface area contributed by atoms with Crippen LogP contribution in [0.25, 0.3) is 22.4 Å². The van der Waals surface area contributed by atoms with Gasteiger partial charge in [-0.1, -0.05) is 23.9 Å². The summed E-state index contributed by atoms with van der Waals surface area (Å²) in [5.41, 5.74) is 4.40. The zero-order chi connectivity index (χ0) is 20.0. The second kappa shape index (κ2) is 7.15. The molecule has 0 bridgehead atoms. The highest BCUT2D eigenvalue weighted by Crippen LogP contribution is 2.41. The Balaban J connectivity index is 1.51. The summed E-state index contributed by atoms with van der Waals surface area (Å²) in [6, 6.07) is 10.0. The van der Waals surface area contributed by atoms with Gasteiger partial charge in [0.1, 0.15) is 5.58 Å². The molecule has 0 amide bonds. The Morgan fingerprint density at radius 2 is 2.07 bits per heavy atom. The van der Waals surface area contributed by atoms with Gasteiger partial charge < -0.3 is 4.42 Å². The van der Waals surface area contributed by atoms with Crippen LogP contribution in [0.4, 0.5) is 0 Å². The van der Waals surface area contributed by atoms with Gasteiger partial charge in [-0.15, -0.1) is 10.2 Å². The van der Waals surface area contributed by atoms with Crippen molar-refractivity contribution in [2.45, 2.75) is 43.6 Å². The van der Waals surface area contributed by atoms with E-state index in [-0.39, 0.29) is 5.63 Å². The van der Waals surface area contributed by atoms with Gasteiger partial charge in [0.2, 0.25) is 0 Å². The first kappa shape index (κ1) is 18.1. The first-order chi connectivity index (χ1) is 14.1. The van der Waals surface area contributed by atoms with Crippen molar-refractivity contribution in [1.82, 2.24) is 19.7 Å². The molecule has 0 aliphatic heterocycles. The molecule has 3 heterocycles. The van der Waals surface area contributed by atoms with Crippen LogP contribution in [0.2, 0.25) is 0 Å². The molecule has 0 atom stereocenters. The fraction of sp³-hybridized carbons (Fsp3) is 0.273. The van der Waals surface area contributed by atoms with E-state index >= 15 is 0 Å². The minimum Gasteiger partial charge on any atom is -0.422 e. The maximum atomic E-state index is 12.1. The van der Waals surface area contributed by atoms with Gasteiger partial charge in [0, 0.05) is 41.2 Å². The summed E-state index contributed by atoms with van der Waals surface area (Å²) in [7, 11) is 0. The lowest BCUT2D eigenvalue weighted by atomic mass is 10.0.